The number of para-hydroxylation sites is 2. The number of aromatic nitrogens is 1. The van der Waals surface area contributed by atoms with Crippen LogP contribution >= 0.6 is 58.4 Å². The molecular weight excluding hydrogens is 521 g/mol. The van der Waals surface area contributed by atoms with Gasteiger partial charge in [0.25, 0.3) is 5.91 Å². The molecule has 0 atom stereocenters. The molecule has 3 aromatic carbocycles. The average Bonchev–Trinajstić information content (AvgIpc) is 3.36. The largest absolute Gasteiger partial charge is 0.436 e. The van der Waals surface area contributed by atoms with E-state index in [1.165, 1.54) is 11.3 Å². The Bertz CT molecular complexity index is 1530. The number of benzene rings is 3. The lowest BCUT2D eigenvalue weighted by molar-refractivity contribution is 0.0982. The molecule has 33 heavy (non-hydrogen) atoms. The zero-order chi connectivity index (χ0) is 23.1. The van der Waals surface area contributed by atoms with Crippen molar-refractivity contribution in [2.75, 3.05) is 5.32 Å². The molecule has 5 nitrogen and oxygen atoms in total. The minimum Gasteiger partial charge on any atom is -0.436 e. The van der Waals surface area contributed by atoms with Gasteiger partial charge in [0, 0.05) is 20.7 Å². The number of nitrogens with one attached hydrogen (secondary N) is 2. The lowest BCUT2D eigenvalue weighted by Gasteiger charge is -2.11. The highest BCUT2D eigenvalue weighted by molar-refractivity contribution is 7.80. The summed E-state index contributed by atoms with van der Waals surface area (Å²) in [5.41, 5.74) is 2.63. The van der Waals surface area contributed by atoms with E-state index in [1.54, 1.807) is 36.4 Å². The van der Waals surface area contributed by atoms with Crippen molar-refractivity contribution in [2.45, 2.75) is 0 Å². The predicted molar refractivity (Wildman–Crippen MR) is 140 cm³/mol. The van der Waals surface area contributed by atoms with Crippen LogP contribution in [-0.4, -0.2) is 16.0 Å². The molecule has 0 aliphatic heterocycles. The minimum absolute atomic E-state index is 0.0724. The Hall–Kier alpha value is -2.68. The Kier molecular flexibility index (Phi) is 5.99. The first kappa shape index (κ1) is 22.1. The monoisotopic (exact) mass is 531 g/mol. The number of hydrogen-bond donors (Lipinski definition) is 2. The summed E-state index contributed by atoms with van der Waals surface area (Å²) in [7, 11) is 0. The lowest BCUT2D eigenvalue weighted by Crippen LogP contribution is -2.33. The van der Waals surface area contributed by atoms with Gasteiger partial charge in [-0.3, -0.25) is 10.1 Å². The summed E-state index contributed by atoms with van der Waals surface area (Å²) < 4.78 is 6.63. The van der Waals surface area contributed by atoms with Gasteiger partial charge in [-0.25, -0.2) is 4.98 Å². The Morgan fingerprint density at radius 3 is 2.67 bits per heavy atom. The van der Waals surface area contributed by atoms with Crippen molar-refractivity contribution in [2.24, 2.45) is 0 Å². The molecule has 0 radical (unpaired) electrons. The van der Waals surface area contributed by atoms with Gasteiger partial charge in [0.1, 0.15) is 10.4 Å². The number of oxazole rings is 1. The first-order valence-electron chi connectivity index (χ1n) is 9.54. The zero-order valence-electron chi connectivity index (χ0n) is 16.5. The predicted octanol–water partition coefficient (Wildman–Crippen LogP) is 7.80. The number of rotatable bonds is 3. The molecule has 164 valence electrons. The second-order valence-electron chi connectivity index (χ2n) is 6.98. The average molecular weight is 533 g/mol. The van der Waals surface area contributed by atoms with E-state index < -0.39 is 5.91 Å². The van der Waals surface area contributed by atoms with Crippen LogP contribution < -0.4 is 10.6 Å². The number of anilines is 1. The summed E-state index contributed by atoms with van der Waals surface area (Å²) in [6, 6.07) is 18.0. The standard InChI is InChI=1S/C23H12Cl3N3O2S2/c24-12-6-7-13-18(10-12)33-20(19(13)26)21(30)29-23(32)28-16-9-11(5-8-14(16)25)22-27-15-3-1-2-4-17(15)31-22/h1-10H,(H2,28,29,30,32). The van der Waals surface area contributed by atoms with E-state index in [4.69, 9.17) is 51.4 Å². The molecule has 0 spiro atoms. The number of amides is 1. The molecule has 10 heteroatoms. The van der Waals surface area contributed by atoms with E-state index >= 15 is 0 Å². The molecule has 0 fully saturated rings. The highest BCUT2D eigenvalue weighted by Gasteiger charge is 2.19. The Morgan fingerprint density at radius 2 is 1.85 bits per heavy atom. The van der Waals surface area contributed by atoms with Crippen molar-refractivity contribution in [3.63, 3.8) is 0 Å². The van der Waals surface area contributed by atoms with Crippen molar-refractivity contribution in [1.29, 1.82) is 0 Å². The summed E-state index contributed by atoms with van der Waals surface area (Å²) in [5.74, 6) is 0.0163. The van der Waals surface area contributed by atoms with Crippen LogP contribution in [0.15, 0.2) is 65.1 Å². The number of fused-ring (bicyclic) bond motifs is 2. The fourth-order valence-electron chi connectivity index (χ4n) is 3.25. The minimum atomic E-state index is -0.430. The van der Waals surface area contributed by atoms with Gasteiger partial charge in [-0.1, -0.05) is 53.0 Å². The molecule has 2 N–H and O–H groups in total. The number of carbonyl (C=O) groups excluding carboxylic acids is 1. The van der Waals surface area contributed by atoms with E-state index in [1.807, 2.05) is 24.3 Å². The van der Waals surface area contributed by atoms with E-state index in [2.05, 4.69) is 15.6 Å². The van der Waals surface area contributed by atoms with Crippen LogP contribution in [0, 0.1) is 0 Å². The normalized spacial score (nSPS) is 11.1. The van der Waals surface area contributed by atoms with Crippen molar-refractivity contribution < 1.29 is 9.21 Å². The van der Waals surface area contributed by atoms with Crippen LogP contribution in [0.3, 0.4) is 0 Å². The molecule has 0 aliphatic carbocycles. The quantitative estimate of drug-likeness (QED) is 0.232. The maximum atomic E-state index is 12.8. The molecular formula is C23H12Cl3N3O2S2. The molecule has 0 unspecified atom stereocenters. The van der Waals surface area contributed by atoms with Crippen LogP contribution in [0.25, 0.3) is 32.6 Å². The van der Waals surface area contributed by atoms with Gasteiger partial charge >= 0.3 is 0 Å². The zero-order valence-corrected chi connectivity index (χ0v) is 20.4. The van der Waals surface area contributed by atoms with Crippen LogP contribution in [0.2, 0.25) is 15.1 Å². The Balaban J connectivity index is 1.36. The molecule has 2 aromatic heterocycles. The van der Waals surface area contributed by atoms with Crippen LogP contribution in [0.5, 0.6) is 0 Å². The summed E-state index contributed by atoms with van der Waals surface area (Å²) >= 11 is 25.3. The number of halogens is 3. The SMILES string of the molecule is O=C(NC(=S)Nc1cc(-c2nc3ccccc3o2)ccc1Cl)c1sc2cc(Cl)ccc2c1Cl. The number of carbonyl (C=O) groups is 1. The van der Waals surface area contributed by atoms with Gasteiger partial charge in [-0.05, 0) is 54.7 Å². The first-order valence-corrected chi connectivity index (χ1v) is 11.9. The topological polar surface area (TPSA) is 67.2 Å². The number of hydrogen-bond acceptors (Lipinski definition) is 5. The second kappa shape index (κ2) is 8.93. The van der Waals surface area contributed by atoms with E-state index in [0.717, 1.165) is 15.6 Å². The maximum Gasteiger partial charge on any atom is 0.269 e. The first-order chi connectivity index (χ1) is 15.9. The van der Waals surface area contributed by atoms with Gasteiger partial charge in [-0.15, -0.1) is 11.3 Å². The third-order valence-electron chi connectivity index (χ3n) is 4.78. The molecule has 5 aromatic rings. The lowest BCUT2D eigenvalue weighted by atomic mass is 10.2. The molecule has 2 heterocycles. The fourth-order valence-corrected chi connectivity index (χ4v) is 5.30. The Morgan fingerprint density at radius 1 is 1.03 bits per heavy atom. The van der Waals surface area contributed by atoms with Crippen molar-refractivity contribution in [3.05, 3.63) is 80.6 Å². The fraction of sp³-hybridized carbons (Fsp3) is 0. The van der Waals surface area contributed by atoms with E-state index in [-0.39, 0.29) is 5.11 Å². The van der Waals surface area contributed by atoms with Gasteiger partial charge in [0.15, 0.2) is 10.7 Å². The summed E-state index contributed by atoms with van der Waals surface area (Å²) in [4.78, 5) is 17.6. The molecule has 0 aliphatic rings. The van der Waals surface area contributed by atoms with E-state index in [0.29, 0.717) is 42.7 Å². The van der Waals surface area contributed by atoms with Gasteiger partial charge in [0.05, 0.1) is 15.7 Å². The number of thiophene rings is 1. The Labute approximate surface area is 212 Å². The summed E-state index contributed by atoms with van der Waals surface area (Å²) in [6.07, 6.45) is 0. The third-order valence-corrected chi connectivity index (χ3v) is 7.20. The summed E-state index contributed by atoms with van der Waals surface area (Å²) in [6.45, 7) is 0. The van der Waals surface area contributed by atoms with Gasteiger partial charge in [0.2, 0.25) is 5.89 Å². The molecule has 0 saturated carbocycles. The van der Waals surface area contributed by atoms with Gasteiger partial charge < -0.3 is 9.73 Å². The molecule has 1 amide bonds. The van der Waals surface area contributed by atoms with Crippen molar-refractivity contribution in [3.8, 4) is 11.5 Å². The molecule has 0 saturated heterocycles. The highest BCUT2D eigenvalue weighted by atomic mass is 35.5. The second-order valence-corrected chi connectivity index (χ2v) is 9.66. The molecule has 5 rings (SSSR count). The molecule has 0 bridgehead atoms. The number of thiocarbonyl (C=S) groups is 1. The highest BCUT2D eigenvalue weighted by Crippen LogP contribution is 2.37. The maximum absolute atomic E-state index is 12.8. The third kappa shape index (κ3) is 4.43. The van der Waals surface area contributed by atoms with Crippen molar-refractivity contribution in [1.82, 2.24) is 10.3 Å². The van der Waals surface area contributed by atoms with Crippen LogP contribution in [0.1, 0.15) is 9.67 Å². The number of nitrogens with zero attached hydrogens (tertiary/aromatic N) is 1. The van der Waals surface area contributed by atoms with E-state index in [9.17, 15) is 4.79 Å². The van der Waals surface area contributed by atoms with Gasteiger partial charge in [-0.2, -0.15) is 0 Å². The van der Waals surface area contributed by atoms with Crippen LogP contribution in [-0.2, 0) is 0 Å². The smallest absolute Gasteiger partial charge is 0.269 e. The summed E-state index contributed by atoms with van der Waals surface area (Å²) in [5, 5.41) is 7.76. The van der Waals surface area contributed by atoms with Crippen LogP contribution in [0.4, 0.5) is 5.69 Å². The van der Waals surface area contributed by atoms with Crippen molar-refractivity contribution >= 4 is 96.3 Å².